The molecule has 0 aromatic heterocycles. The third kappa shape index (κ3) is 6.15. The van der Waals surface area contributed by atoms with Gasteiger partial charge < -0.3 is 10.6 Å². The van der Waals surface area contributed by atoms with Crippen molar-refractivity contribution in [3.05, 3.63) is 54.3 Å². The molecule has 3 N–H and O–H groups in total. The summed E-state index contributed by atoms with van der Waals surface area (Å²) in [5.74, 6) is 0.395. The Hall–Kier alpha value is -1.84. The van der Waals surface area contributed by atoms with Crippen molar-refractivity contribution < 1.29 is 12.8 Å². The second-order valence-electron chi connectivity index (χ2n) is 5.34. The molecular weight excluding hydrogens is 393 g/mol. The maximum atomic E-state index is 13.7. The van der Waals surface area contributed by atoms with E-state index in [1.807, 2.05) is 6.26 Å². The van der Waals surface area contributed by atoms with Crippen LogP contribution in [0, 0.1) is 5.82 Å². The van der Waals surface area contributed by atoms with Crippen LogP contribution in [0.5, 0.6) is 0 Å². The SMILES string of the molecule is CSCCCNC(=S)Nc1cccc(S(=O)(=O)Nc2ccccc2F)c1. The van der Waals surface area contributed by atoms with E-state index in [9.17, 15) is 12.8 Å². The lowest BCUT2D eigenvalue weighted by Gasteiger charge is -2.12. The van der Waals surface area contributed by atoms with Crippen LogP contribution < -0.4 is 15.4 Å². The summed E-state index contributed by atoms with van der Waals surface area (Å²) >= 11 is 6.96. The smallest absolute Gasteiger partial charge is 0.262 e. The molecule has 0 aliphatic carbocycles. The zero-order valence-corrected chi connectivity index (χ0v) is 16.6. The highest BCUT2D eigenvalue weighted by molar-refractivity contribution is 7.98. The quantitative estimate of drug-likeness (QED) is 0.453. The molecule has 0 saturated carbocycles. The van der Waals surface area contributed by atoms with Crippen LogP contribution >= 0.6 is 24.0 Å². The van der Waals surface area contributed by atoms with E-state index in [1.165, 1.54) is 30.3 Å². The Morgan fingerprint density at radius 2 is 1.96 bits per heavy atom. The van der Waals surface area contributed by atoms with Gasteiger partial charge in [0.05, 0.1) is 10.6 Å². The molecule has 0 aliphatic rings. The third-order valence-corrected chi connectivity index (χ3v) is 5.64. The summed E-state index contributed by atoms with van der Waals surface area (Å²) in [6, 6.07) is 11.8. The number of anilines is 2. The van der Waals surface area contributed by atoms with Crippen molar-refractivity contribution >= 4 is 50.5 Å². The van der Waals surface area contributed by atoms with E-state index >= 15 is 0 Å². The van der Waals surface area contributed by atoms with Gasteiger partial charge in [-0.1, -0.05) is 18.2 Å². The summed E-state index contributed by atoms with van der Waals surface area (Å²) in [6.45, 7) is 0.736. The van der Waals surface area contributed by atoms with Crippen molar-refractivity contribution in [2.45, 2.75) is 11.3 Å². The van der Waals surface area contributed by atoms with Crippen LogP contribution in [-0.4, -0.2) is 32.1 Å². The fraction of sp³-hybridized carbons (Fsp3) is 0.235. The minimum Gasteiger partial charge on any atom is -0.362 e. The summed E-state index contributed by atoms with van der Waals surface area (Å²) in [5.41, 5.74) is 0.431. The molecule has 0 spiro atoms. The first-order valence-electron chi connectivity index (χ1n) is 7.83. The minimum atomic E-state index is -3.91. The van der Waals surface area contributed by atoms with E-state index in [2.05, 4.69) is 15.4 Å². The van der Waals surface area contributed by atoms with E-state index in [0.29, 0.717) is 10.8 Å². The highest BCUT2D eigenvalue weighted by atomic mass is 32.2. The lowest BCUT2D eigenvalue weighted by molar-refractivity contribution is 0.598. The predicted molar refractivity (Wildman–Crippen MR) is 111 cm³/mol. The van der Waals surface area contributed by atoms with Gasteiger partial charge in [0, 0.05) is 12.2 Å². The van der Waals surface area contributed by atoms with Gasteiger partial charge in [-0.15, -0.1) is 0 Å². The zero-order valence-electron chi connectivity index (χ0n) is 14.2. The average Bonchev–Trinajstić information content (AvgIpc) is 2.61. The molecule has 140 valence electrons. The number of hydrogen-bond donors (Lipinski definition) is 3. The Labute approximate surface area is 162 Å². The topological polar surface area (TPSA) is 70.2 Å². The molecule has 2 rings (SSSR count). The number of sulfonamides is 1. The first-order chi connectivity index (χ1) is 12.4. The standard InChI is InChI=1S/C17H20FN3O2S3/c1-25-11-5-10-19-17(24)20-13-6-4-7-14(12-13)26(22,23)21-16-9-3-2-8-15(16)18/h2-4,6-9,12,21H,5,10-11H2,1H3,(H2,19,20,24). The molecule has 0 unspecified atom stereocenters. The van der Waals surface area contributed by atoms with Crippen molar-refractivity contribution in [2.24, 2.45) is 0 Å². The van der Waals surface area contributed by atoms with Crippen LogP contribution in [0.3, 0.4) is 0 Å². The molecule has 0 saturated heterocycles. The number of rotatable bonds is 8. The molecule has 0 fully saturated rings. The fourth-order valence-electron chi connectivity index (χ4n) is 2.08. The van der Waals surface area contributed by atoms with Gasteiger partial charge in [-0.05, 0) is 61.0 Å². The second kappa shape index (κ2) is 9.75. The maximum Gasteiger partial charge on any atom is 0.262 e. The molecule has 5 nitrogen and oxygen atoms in total. The van der Waals surface area contributed by atoms with E-state index < -0.39 is 15.8 Å². The van der Waals surface area contributed by atoms with Gasteiger partial charge in [0.2, 0.25) is 0 Å². The molecule has 0 amide bonds. The molecule has 0 aliphatic heterocycles. The van der Waals surface area contributed by atoms with E-state index in [4.69, 9.17) is 12.2 Å². The summed E-state index contributed by atoms with van der Waals surface area (Å²) in [7, 11) is -3.91. The van der Waals surface area contributed by atoms with Crippen LogP contribution in [0.4, 0.5) is 15.8 Å². The minimum absolute atomic E-state index is 0.0101. The highest BCUT2D eigenvalue weighted by Gasteiger charge is 2.16. The number of para-hydroxylation sites is 1. The van der Waals surface area contributed by atoms with E-state index in [1.54, 1.807) is 30.0 Å². The fourth-order valence-corrected chi connectivity index (χ4v) is 3.85. The van der Waals surface area contributed by atoms with Crippen molar-refractivity contribution in [2.75, 3.05) is 28.6 Å². The molecule has 0 atom stereocenters. The molecule has 0 radical (unpaired) electrons. The van der Waals surface area contributed by atoms with Crippen LogP contribution in [0.1, 0.15) is 6.42 Å². The van der Waals surface area contributed by atoms with Gasteiger partial charge in [0.15, 0.2) is 5.11 Å². The number of benzene rings is 2. The Bertz CT molecular complexity index is 860. The number of thioether (sulfide) groups is 1. The van der Waals surface area contributed by atoms with E-state index in [0.717, 1.165) is 18.7 Å². The molecule has 2 aromatic rings. The predicted octanol–water partition coefficient (Wildman–Crippen LogP) is 3.67. The van der Waals surface area contributed by atoms with Crippen LogP contribution in [0.15, 0.2) is 53.4 Å². The largest absolute Gasteiger partial charge is 0.362 e. The van der Waals surface area contributed by atoms with Crippen molar-refractivity contribution in [1.82, 2.24) is 5.32 Å². The Morgan fingerprint density at radius 3 is 2.69 bits per heavy atom. The lowest BCUT2D eigenvalue weighted by atomic mass is 10.3. The van der Waals surface area contributed by atoms with E-state index in [-0.39, 0.29) is 10.6 Å². The third-order valence-electron chi connectivity index (χ3n) is 3.33. The van der Waals surface area contributed by atoms with Gasteiger partial charge >= 0.3 is 0 Å². The number of hydrogen-bond acceptors (Lipinski definition) is 4. The zero-order chi connectivity index (χ0) is 19.0. The molecule has 26 heavy (non-hydrogen) atoms. The van der Waals surface area contributed by atoms with Crippen molar-refractivity contribution in [1.29, 1.82) is 0 Å². The maximum absolute atomic E-state index is 13.7. The Balaban J connectivity index is 2.05. The molecule has 0 heterocycles. The monoisotopic (exact) mass is 413 g/mol. The van der Waals surface area contributed by atoms with Gasteiger partial charge in [0.1, 0.15) is 5.82 Å². The number of nitrogens with one attached hydrogen (secondary N) is 3. The average molecular weight is 414 g/mol. The van der Waals surface area contributed by atoms with Crippen LogP contribution in [-0.2, 0) is 10.0 Å². The molecular formula is C17H20FN3O2S3. The normalized spacial score (nSPS) is 11.0. The highest BCUT2D eigenvalue weighted by Crippen LogP contribution is 2.21. The Morgan fingerprint density at radius 1 is 1.19 bits per heavy atom. The van der Waals surface area contributed by atoms with Gasteiger partial charge in [-0.2, -0.15) is 11.8 Å². The van der Waals surface area contributed by atoms with Crippen LogP contribution in [0.2, 0.25) is 0 Å². The van der Waals surface area contributed by atoms with Crippen molar-refractivity contribution in [3.63, 3.8) is 0 Å². The summed E-state index contributed by atoms with van der Waals surface area (Å²) in [5, 5.41) is 6.44. The first-order valence-corrected chi connectivity index (χ1v) is 11.1. The summed E-state index contributed by atoms with van der Waals surface area (Å²) in [6.07, 6.45) is 3.02. The lowest BCUT2D eigenvalue weighted by Crippen LogP contribution is -2.29. The Kier molecular flexibility index (Phi) is 7.67. The van der Waals surface area contributed by atoms with Gasteiger partial charge in [0.25, 0.3) is 10.0 Å². The van der Waals surface area contributed by atoms with Crippen LogP contribution in [0.25, 0.3) is 0 Å². The summed E-state index contributed by atoms with van der Waals surface area (Å²) in [4.78, 5) is 0.0101. The number of thiocarbonyl (C=S) groups is 1. The van der Waals surface area contributed by atoms with Crippen molar-refractivity contribution in [3.8, 4) is 0 Å². The molecule has 2 aromatic carbocycles. The number of halogens is 1. The molecule has 9 heteroatoms. The second-order valence-corrected chi connectivity index (χ2v) is 8.42. The van der Waals surface area contributed by atoms with Gasteiger partial charge in [-0.3, -0.25) is 4.72 Å². The first kappa shape index (κ1) is 20.5. The summed E-state index contributed by atoms with van der Waals surface area (Å²) < 4.78 is 40.9. The molecule has 0 bridgehead atoms. The van der Waals surface area contributed by atoms with Gasteiger partial charge in [-0.25, -0.2) is 12.8 Å².